The number of rotatable bonds is 4. The van der Waals surface area contributed by atoms with E-state index < -0.39 is 0 Å². The van der Waals surface area contributed by atoms with Crippen LogP contribution in [-0.2, 0) is 6.42 Å². The first-order valence-electron chi connectivity index (χ1n) is 5.65. The molecule has 0 bridgehead atoms. The van der Waals surface area contributed by atoms with Gasteiger partial charge in [-0.1, -0.05) is 23.4 Å². The van der Waals surface area contributed by atoms with Gasteiger partial charge in [-0.3, -0.25) is 4.99 Å². The zero-order valence-corrected chi connectivity index (χ0v) is 10.1. The third-order valence-corrected chi connectivity index (χ3v) is 2.23. The third kappa shape index (κ3) is 3.58. The number of hydrogen-bond donors (Lipinski definition) is 2. The number of hydrogen-bond acceptors (Lipinski definition) is 4. The molecule has 2 rings (SSSR count). The summed E-state index contributed by atoms with van der Waals surface area (Å²) < 4.78 is 4.86. The molecule has 0 radical (unpaired) electrons. The molecule has 1 aromatic carbocycles. The average Bonchev–Trinajstić information content (AvgIpc) is 2.76. The van der Waals surface area contributed by atoms with Gasteiger partial charge in [0.1, 0.15) is 0 Å². The minimum absolute atomic E-state index is 0.376. The molecule has 94 valence electrons. The predicted octanol–water partition coefficient (Wildman–Crippen LogP) is 1.35. The Hall–Kier alpha value is -2.37. The monoisotopic (exact) mass is 245 g/mol. The lowest BCUT2D eigenvalue weighted by Gasteiger charge is -2.04. The van der Waals surface area contributed by atoms with E-state index in [0.29, 0.717) is 30.6 Å². The number of nitrogens with zero attached hydrogens (tertiary/aromatic N) is 3. The molecule has 2 aromatic rings. The normalized spacial score (nSPS) is 11.5. The molecule has 0 aliphatic heterocycles. The quantitative estimate of drug-likeness (QED) is 0.627. The van der Waals surface area contributed by atoms with E-state index in [1.165, 1.54) is 0 Å². The molecule has 3 N–H and O–H groups in total. The molecule has 0 aliphatic rings. The summed E-state index contributed by atoms with van der Waals surface area (Å²) in [6, 6.07) is 9.64. The molecule has 0 saturated heterocycles. The maximum absolute atomic E-state index is 5.75. The SMILES string of the molecule is Cc1nc(CCN=C(N)Nc2ccccc2)no1. The van der Waals surface area contributed by atoms with Gasteiger partial charge in [0.25, 0.3) is 0 Å². The van der Waals surface area contributed by atoms with Crippen molar-refractivity contribution >= 4 is 11.6 Å². The topological polar surface area (TPSA) is 89.3 Å². The van der Waals surface area contributed by atoms with Crippen LogP contribution < -0.4 is 11.1 Å². The number of nitrogens with two attached hydrogens (primary N) is 1. The summed E-state index contributed by atoms with van der Waals surface area (Å²) >= 11 is 0. The van der Waals surface area contributed by atoms with Crippen molar-refractivity contribution < 1.29 is 4.52 Å². The summed E-state index contributed by atoms with van der Waals surface area (Å²) in [6.07, 6.45) is 0.606. The zero-order chi connectivity index (χ0) is 12.8. The van der Waals surface area contributed by atoms with E-state index >= 15 is 0 Å². The largest absolute Gasteiger partial charge is 0.370 e. The highest BCUT2D eigenvalue weighted by Gasteiger charge is 2.01. The number of aromatic nitrogens is 2. The fourth-order valence-electron chi connectivity index (χ4n) is 1.43. The number of nitrogens with one attached hydrogen (secondary N) is 1. The Bertz CT molecular complexity index is 520. The minimum Gasteiger partial charge on any atom is -0.370 e. The number of para-hydroxylation sites is 1. The van der Waals surface area contributed by atoms with Gasteiger partial charge in [0, 0.05) is 25.6 Å². The van der Waals surface area contributed by atoms with Crippen LogP contribution in [0.25, 0.3) is 0 Å². The van der Waals surface area contributed by atoms with Crippen LogP contribution in [0.3, 0.4) is 0 Å². The molecular formula is C12H15N5O. The average molecular weight is 245 g/mol. The summed E-state index contributed by atoms with van der Waals surface area (Å²) in [5.41, 5.74) is 6.66. The van der Waals surface area contributed by atoms with Gasteiger partial charge >= 0.3 is 0 Å². The van der Waals surface area contributed by atoms with Gasteiger partial charge in [-0.05, 0) is 12.1 Å². The van der Waals surface area contributed by atoms with Gasteiger partial charge in [-0.15, -0.1) is 0 Å². The lowest BCUT2D eigenvalue weighted by Crippen LogP contribution is -2.23. The Labute approximate surface area is 105 Å². The molecule has 0 atom stereocenters. The predicted molar refractivity (Wildman–Crippen MR) is 69.3 cm³/mol. The summed E-state index contributed by atoms with van der Waals surface area (Å²) in [6.45, 7) is 2.27. The number of aryl methyl sites for hydroxylation is 1. The van der Waals surface area contributed by atoms with Gasteiger partial charge in [-0.25, -0.2) is 0 Å². The van der Waals surface area contributed by atoms with Crippen molar-refractivity contribution in [3.8, 4) is 0 Å². The van der Waals surface area contributed by atoms with Crippen LogP contribution in [0.4, 0.5) is 5.69 Å². The van der Waals surface area contributed by atoms with Crippen LogP contribution in [0.2, 0.25) is 0 Å². The van der Waals surface area contributed by atoms with Crippen LogP contribution >= 0.6 is 0 Å². The molecule has 0 saturated carbocycles. The van der Waals surface area contributed by atoms with Crippen LogP contribution in [-0.4, -0.2) is 22.6 Å². The Morgan fingerprint density at radius 3 is 2.83 bits per heavy atom. The van der Waals surface area contributed by atoms with Crippen molar-refractivity contribution in [2.45, 2.75) is 13.3 Å². The summed E-state index contributed by atoms with van der Waals surface area (Å²) in [4.78, 5) is 8.27. The smallest absolute Gasteiger partial charge is 0.223 e. The van der Waals surface area contributed by atoms with E-state index in [1.54, 1.807) is 6.92 Å². The van der Waals surface area contributed by atoms with Crippen LogP contribution in [0.15, 0.2) is 39.8 Å². The van der Waals surface area contributed by atoms with E-state index in [2.05, 4.69) is 20.4 Å². The van der Waals surface area contributed by atoms with Crippen molar-refractivity contribution in [2.75, 3.05) is 11.9 Å². The molecule has 1 aromatic heterocycles. The summed E-state index contributed by atoms with van der Waals surface area (Å²) in [5.74, 6) is 1.58. The maximum atomic E-state index is 5.75. The second-order valence-corrected chi connectivity index (χ2v) is 3.74. The summed E-state index contributed by atoms with van der Waals surface area (Å²) in [7, 11) is 0. The third-order valence-electron chi connectivity index (χ3n) is 2.23. The first kappa shape index (κ1) is 12.1. The number of aliphatic imine (C=N–C) groups is 1. The first-order chi connectivity index (χ1) is 8.74. The lowest BCUT2D eigenvalue weighted by molar-refractivity contribution is 0.387. The van der Waals surface area contributed by atoms with Crippen molar-refractivity contribution in [3.05, 3.63) is 42.0 Å². The van der Waals surface area contributed by atoms with E-state index in [1.807, 2.05) is 30.3 Å². The van der Waals surface area contributed by atoms with Crippen LogP contribution in [0.1, 0.15) is 11.7 Å². The molecule has 6 heteroatoms. The fourth-order valence-corrected chi connectivity index (χ4v) is 1.43. The van der Waals surface area contributed by atoms with Crippen molar-refractivity contribution in [1.29, 1.82) is 0 Å². The standard InChI is InChI=1S/C12H15N5O/c1-9-15-11(17-18-9)7-8-14-12(13)16-10-5-3-2-4-6-10/h2-6H,7-8H2,1H3,(H3,13,14,16). The molecule has 0 unspecified atom stereocenters. The number of benzene rings is 1. The first-order valence-corrected chi connectivity index (χ1v) is 5.65. The Morgan fingerprint density at radius 1 is 1.39 bits per heavy atom. The van der Waals surface area contributed by atoms with Crippen molar-refractivity contribution in [2.24, 2.45) is 10.7 Å². The van der Waals surface area contributed by atoms with Gasteiger partial charge in [-0.2, -0.15) is 4.98 Å². The molecule has 0 spiro atoms. The minimum atomic E-state index is 0.376. The van der Waals surface area contributed by atoms with Crippen molar-refractivity contribution in [1.82, 2.24) is 10.1 Å². The highest BCUT2D eigenvalue weighted by atomic mass is 16.5. The zero-order valence-electron chi connectivity index (χ0n) is 10.1. The van der Waals surface area contributed by atoms with E-state index in [0.717, 1.165) is 5.69 Å². The van der Waals surface area contributed by atoms with E-state index in [-0.39, 0.29) is 0 Å². The number of anilines is 1. The van der Waals surface area contributed by atoms with Crippen LogP contribution in [0.5, 0.6) is 0 Å². The highest BCUT2D eigenvalue weighted by Crippen LogP contribution is 2.03. The van der Waals surface area contributed by atoms with Gasteiger partial charge in [0.05, 0.1) is 0 Å². The van der Waals surface area contributed by atoms with Crippen LogP contribution in [0, 0.1) is 6.92 Å². The fraction of sp³-hybridized carbons (Fsp3) is 0.250. The van der Waals surface area contributed by atoms with Gasteiger partial charge in [0.15, 0.2) is 11.8 Å². The molecule has 1 heterocycles. The maximum Gasteiger partial charge on any atom is 0.223 e. The van der Waals surface area contributed by atoms with E-state index in [4.69, 9.17) is 10.3 Å². The van der Waals surface area contributed by atoms with Crippen molar-refractivity contribution in [3.63, 3.8) is 0 Å². The molecule has 0 fully saturated rings. The van der Waals surface area contributed by atoms with Gasteiger partial charge < -0.3 is 15.6 Å². The lowest BCUT2D eigenvalue weighted by atomic mass is 10.3. The molecule has 0 amide bonds. The Morgan fingerprint density at radius 2 is 2.17 bits per heavy atom. The molecular weight excluding hydrogens is 230 g/mol. The molecule has 6 nitrogen and oxygen atoms in total. The molecule has 18 heavy (non-hydrogen) atoms. The highest BCUT2D eigenvalue weighted by molar-refractivity contribution is 5.92. The summed E-state index contributed by atoms with van der Waals surface area (Å²) in [5, 5.41) is 6.78. The Balaban J connectivity index is 1.82. The van der Waals surface area contributed by atoms with Gasteiger partial charge in [0.2, 0.25) is 5.89 Å². The second kappa shape index (κ2) is 5.81. The second-order valence-electron chi connectivity index (χ2n) is 3.74. The number of guanidine groups is 1. The van der Waals surface area contributed by atoms with E-state index in [9.17, 15) is 0 Å². The Kier molecular flexibility index (Phi) is 3.90. The molecule has 0 aliphatic carbocycles.